The van der Waals surface area contributed by atoms with Crippen molar-refractivity contribution in [1.82, 2.24) is 10.6 Å². The maximum atomic E-state index is 12.4. The Labute approximate surface area is 134 Å². The third-order valence-electron chi connectivity index (χ3n) is 3.05. The summed E-state index contributed by atoms with van der Waals surface area (Å²) >= 11 is 11.4. The molecular weight excluding hydrogens is 308 g/mol. The van der Waals surface area contributed by atoms with E-state index in [1.165, 1.54) is 0 Å². The molecule has 0 aromatic heterocycles. The topological polar surface area (TPSA) is 50.4 Å². The summed E-state index contributed by atoms with van der Waals surface area (Å²) in [5.41, 5.74) is 1.96. The van der Waals surface area contributed by atoms with Gasteiger partial charge in [-0.15, -0.1) is 0 Å². The van der Waals surface area contributed by atoms with E-state index in [0.717, 1.165) is 5.56 Å². The summed E-state index contributed by atoms with van der Waals surface area (Å²) in [7, 11) is 0. The zero-order valence-electron chi connectivity index (χ0n) is 12.1. The van der Waals surface area contributed by atoms with Crippen molar-refractivity contribution in [3.05, 3.63) is 46.1 Å². The normalized spacial score (nSPS) is 18.3. The molecule has 2 rings (SSSR count). The molecule has 0 amide bonds. The summed E-state index contributed by atoms with van der Waals surface area (Å²) < 4.78 is 5.32. The van der Waals surface area contributed by atoms with Gasteiger partial charge in [0.15, 0.2) is 5.11 Å². The number of hydrogen-bond acceptors (Lipinski definition) is 3. The van der Waals surface area contributed by atoms with Crippen LogP contribution in [0.25, 0.3) is 0 Å². The molecule has 0 spiro atoms. The Balaban J connectivity index is 2.46. The van der Waals surface area contributed by atoms with Crippen LogP contribution in [0, 0.1) is 0 Å². The standard InChI is InChI=1S/C15H17ClN2O2S/c1-8(2)20-14(19)12-9(3)17-15(21)18-13(12)10-6-4-5-7-11(10)16/h4-8,13H,1-3H3,(H2,17,18,21)/t13-/m0/s1. The van der Waals surface area contributed by atoms with Crippen molar-refractivity contribution in [2.45, 2.75) is 32.9 Å². The van der Waals surface area contributed by atoms with Gasteiger partial charge in [0, 0.05) is 10.7 Å². The van der Waals surface area contributed by atoms with Gasteiger partial charge in [0.25, 0.3) is 0 Å². The monoisotopic (exact) mass is 324 g/mol. The molecule has 1 heterocycles. The lowest BCUT2D eigenvalue weighted by molar-refractivity contribution is -0.143. The zero-order valence-corrected chi connectivity index (χ0v) is 13.6. The molecule has 0 radical (unpaired) electrons. The third kappa shape index (κ3) is 3.54. The lowest BCUT2D eigenvalue weighted by Gasteiger charge is -2.30. The summed E-state index contributed by atoms with van der Waals surface area (Å²) in [6.45, 7) is 5.42. The Hall–Kier alpha value is -1.59. The first-order chi connectivity index (χ1) is 9.90. The van der Waals surface area contributed by atoms with Crippen molar-refractivity contribution >= 4 is 34.9 Å². The zero-order chi connectivity index (χ0) is 15.6. The first-order valence-corrected chi connectivity index (χ1v) is 7.42. The van der Waals surface area contributed by atoms with Gasteiger partial charge in [0.1, 0.15) is 0 Å². The lowest BCUT2D eigenvalue weighted by atomic mass is 9.95. The number of halogens is 1. The summed E-state index contributed by atoms with van der Waals surface area (Å²) in [6, 6.07) is 6.94. The highest BCUT2D eigenvalue weighted by molar-refractivity contribution is 7.80. The van der Waals surface area contributed by atoms with Crippen molar-refractivity contribution in [2.75, 3.05) is 0 Å². The van der Waals surface area contributed by atoms with Crippen LogP contribution in [0.2, 0.25) is 5.02 Å². The molecule has 0 saturated heterocycles. The van der Waals surface area contributed by atoms with Gasteiger partial charge >= 0.3 is 5.97 Å². The van der Waals surface area contributed by atoms with Gasteiger partial charge in [-0.25, -0.2) is 4.79 Å². The maximum Gasteiger partial charge on any atom is 0.338 e. The van der Waals surface area contributed by atoms with E-state index in [1.54, 1.807) is 13.0 Å². The highest BCUT2D eigenvalue weighted by atomic mass is 35.5. The molecule has 6 heteroatoms. The molecule has 4 nitrogen and oxygen atoms in total. The van der Waals surface area contributed by atoms with Crippen molar-refractivity contribution in [3.63, 3.8) is 0 Å². The average Bonchev–Trinajstić information content (AvgIpc) is 2.37. The fourth-order valence-corrected chi connectivity index (χ4v) is 2.70. The molecule has 0 saturated carbocycles. The van der Waals surface area contributed by atoms with Crippen molar-refractivity contribution in [2.24, 2.45) is 0 Å². The van der Waals surface area contributed by atoms with Crippen LogP contribution < -0.4 is 10.6 Å². The summed E-state index contributed by atoms with van der Waals surface area (Å²) in [5, 5.41) is 7.07. The van der Waals surface area contributed by atoms with E-state index in [0.29, 0.717) is 21.4 Å². The largest absolute Gasteiger partial charge is 0.459 e. The molecule has 1 atom stereocenters. The Morgan fingerprint density at radius 3 is 2.67 bits per heavy atom. The van der Waals surface area contributed by atoms with Gasteiger partial charge in [0.2, 0.25) is 0 Å². The number of carbonyl (C=O) groups excluding carboxylic acids is 1. The number of ether oxygens (including phenoxy) is 1. The van der Waals surface area contributed by atoms with Crippen LogP contribution in [0.3, 0.4) is 0 Å². The molecule has 0 aliphatic carbocycles. The second-order valence-corrected chi connectivity index (χ2v) is 5.86. The SMILES string of the molecule is CC1=C(C(=O)OC(C)C)[C@H](c2ccccc2Cl)NC(=S)N1. The number of nitrogens with one attached hydrogen (secondary N) is 2. The van der Waals surface area contributed by atoms with Gasteiger partial charge < -0.3 is 15.4 Å². The van der Waals surface area contributed by atoms with E-state index < -0.39 is 6.04 Å². The number of esters is 1. The molecule has 0 fully saturated rings. The van der Waals surface area contributed by atoms with Gasteiger partial charge in [-0.05, 0) is 44.6 Å². The van der Waals surface area contributed by atoms with E-state index in [9.17, 15) is 4.79 Å². The van der Waals surface area contributed by atoms with E-state index in [1.807, 2.05) is 32.0 Å². The maximum absolute atomic E-state index is 12.4. The van der Waals surface area contributed by atoms with E-state index >= 15 is 0 Å². The van der Waals surface area contributed by atoms with Crippen molar-refractivity contribution in [1.29, 1.82) is 0 Å². The minimum absolute atomic E-state index is 0.196. The van der Waals surface area contributed by atoms with Crippen molar-refractivity contribution in [3.8, 4) is 0 Å². The van der Waals surface area contributed by atoms with Crippen LogP contribution in [0.5, 0.6) is 0 Å². The highest BCUT2D eigenvalue weighted by Crippen LogP contribution is 2.32. The van der Waals surface area contributed by atoms with Crippen molar-refractivity contribution < 1.29 is 9.53 Å². The second kappa shape index (κ2) is 6.45. The van der Waals surface area contributed by atoms with Gasteiger partial charge in [-0.2, -0.15) is 0 Å². The number of hydrogen-bond donors (Lipinski definition) is 2. The summed E-state index contributed by atoms with van der Waals surface area (Å²) in [4.78, 5) is 12.4. The lowest BCUT2D eigenvalue weighted by Crippen LogP contribution is -2.45. The van der Waals surface area contributed by atoms with Gasteiger partial charge in [0.05, 0.1) is 17.7 Å². The second-order valence-electron chi connectivity index (χ2n) is 5.05. The van der Waals surface area contributed by atoms with Crippen LogP contribution in [-0.2, 0) is 9.53 Å². The fraction of sp³-hybridized carbons (Fsp3) is 0.333. The third-order valence-corrected chi connectivity index (χ3v) is 3.61. The number of benzene rings is 1. The minimum atomic E-state index is -0.418. The van der Waals surface area contributed by atoms with Gasteiger partial charge in [-0.1, -0.05) is 29.8 Å². The van der Waals surface area contributed by atoms with Gasteiger partial charge in [-0.3, -0.25) is 0 Å². The predicted octanol–water partition coefficient (Wildman–Crippen LogP) is 3.08. The van der Waals surface area contributed by atoms with Crippen LogP contribution >= 0.6 is 23.8 Å². The first kappa shape index (κ1) is 15.8. The summed E-state index contributed by atoms with van der Waals surface area (Å²) in [5.74, 6) is -0.380. The molecule has 112 valence electrons. The molecule has 21 heavy (non-hydrogen) atoms. The first-order valence-electron chi connectivity index (χ1n) is 6.64. The molecular formula is C15H17ClN2O2S. The smallest absolute Gasteiger partial charge is 0.338 e. The molecule has 1 aromatic carbocycles. The average molecular weight is 325 g/mol. The summed E-state index contributed by atoms with van der Waals surface area (Å²) in [6.07, 6.45) is -0.196. The molecule has 1 aliphatic rings. The molecule has 0 unspecified atom stereocenters. The van der Waals surface area contributed by atoms with Crippen LogP contribution in [0.1, 0.15) is 32.4 Å². The van der Waals surface area contributed by atoms with E-state index in [-0.39, 0.29) is 12.1 Å². The Morgan fingerprint density at radius 2 is 2.05 bits per heavy atom. The van der Waals surface area contributed by atoms with E-state index in [2.05, 4.69) is 10.6 Å². The predicted molar refractivity (Wildman–Crippen MR) is 87.0 cm³/mol. The molecule has 2 N–H and O–H groups in total. The minimum Gasteiger partial charge on any atom is -0.459 e. The number of carbonyl (C=O) groups is 1. The molecule has 1 aliphatic heterocycles. The Morgan fingerprint density at radius 1 is 1.38 bits per heavy atom. The van der Waals surface area contributed by atoms with Crippen LogP contribution in [-0.4, -0.2) is 17.2 Å². The number of thiocarbonyl (C=S) groups is 1. The Bertz CT molecular complexity index is 613. The quantitative estimate of drug-likeness (QED) is 0.661. The Kier molecular flexibility index (Phi) is 4.85. The molecule has 1 aromatic rings. The van der Waals surface area contributed by atoms with Crippen LogP contribution in [0.4, 0.5) is 0 Å². The molecule has 0 bridgehead atoms. The van der Waals surface area contributed by atoms with Crippen LogP contribution in [0.15, 0.2) is 35.5 Å². The number of rotatable bonds is 3. The number of allylic oxidation sites excluding steroid dienone is 1. The fourth-order valence-electron chi connectivity index (χ4n) is 2.18. The van der Waals surface area contributed by atoms with E-state index in [4.69, 9.17) is 28.6 Å². The highest BCUT2D eigenvalue weighted by Gasteiger charge is 2.32.